The summed E-state index contributed by atoms with van der Waals surface area (Å²) in [4.78, 5) is 14.3. The summed E-state index contributed by atoms with van der Waals surface area (Å²) in [6, 6.07) is 8.17. The Kier molecular flexibility index (Phi) is 5.08. The van der Waals surface area contributed by atoms with E-state index < -0.39 is 0 Å². The van der Waals surface area contributed by atoms with Crippen molar-refractivity contribution in [2.45, 2.75) is 33.2 Å². The number of urea groups is 1. The zero-order valence-electron chi connectivity index (χ0n) is 12.4. The van der Waals surface area contributed by atoms with Gasteiger partial charge < -0.3 is 10.2 Å². The van der Waals surface area contributed by atoms with Gasteiger partial charge in [-0.25, -0.2) is 4.79 Å². The van der Waals surface area contributed by atoms with Gasteiger partial charge in [-0.2, -0.15) is 0 Å². The highest BCUT2D eigenvalue weighted by molar-refractivity contribution is 9.10. The predicted molar refractivity (Wildman–Crippen MR) is 85.6 cm³/mol. The summed E-state index contributed by atoms with van der Waals surface area (Å²) < 4.78 is 1.05. The van der Waals surface area contributed by atoms with Crippen LogP contribution in [-0.2, 0) is 0 Å². The minimum absolute atomic E-state index is 0.0307. The SMILES string of the molecule is CC1CC(C)CN(C(=O)NC(C)c2ccc(Br)cc2)C1. The molecule has 1 N–H and O–H groups in total. The zero-order chi connectivity index (χ0) is 14.7. The number of rotatable bonds is 2. The molecule has 2 amide bonds. The molecule has 1 aliphatic rings. The quantitative estimate of drug-likeness (QED) is 0.861. The van der Waals surface area contributed by atoms with E-state index in [0.29, 0.717) is 11.8 Å². The number of carbonyl (C=O) groups excluding carboxylic acids is 1. The number of likely N-dealkylation sites (tertiary alicyclic amines) is 1. The molecule has 1 aromatic rings. The number of amides is 2. The van der Waals surface area contributed by atoms with Gasteiger partial charge in [-0.1, -0.05) is 41.9 Å². The number of hydrogen-bond donors (Lipinski definition) is 1. The summed E-state index contributed by atoms with van der Waals surface area (Å²) >= 11 is 3.43. The van der Waals surface area contributed by atoms with Crippen LogP contribution in [0.1, 0.15) is 38.8 Å². The van der Waals surface area contributed by atoms with Crippen LogP contribution in [0.2, 0.25) is 0 Å². The molecule has 3 unspecified atom stereocenters. The molecular weight excluding hydrogens is 316 g/mol. The van der Waals surface area contributed by atoms with Crippen molar-refractivity contribution >= 4 is 22.0 Å². The van der Waals surface area contributed by atoms with Crippen LogP contribution in [0.4, 0.5) is 4.79 Å². The Hall–Kier alpha value is -1.03. The lowest BCUT2D eigenvalue weighted by molar-refractivity contribution is 0.144. The summed E-state index contributed by atoms with van der Waals surface area (Å²) in [7, 11) is 0. The number of hydrogen-bond acceptors (Lipinski definition) is 1. The van der Waals surface area contributed by atoms with E-state index in [0.717, 1.165) is 23.1 Å². The number of benzene rings is 1. The molecule has 20 heavy (non-hydrogen) atoms. The Bertz CT molecular complexity index is 450. The molecule has 1 saturated heterocycles. The van der Waals surface area contributed by atoms with Crippen molar-refractivity contribution in [3.63, 3.8) is 0 Å². The minimum atomic E-state index is 0.0307. The third-order valence-electron chi connectivity index (χ3n) is 3.87. The predicted octanol–water partition coefficient (Wildman–Crippen LogP) is 4.20. The highest BCUT2D eigenvalue weighted by atomic mass is 79.9. The fourth-order valence-corrected chi connectivity index (χ4v) is 3.20. The molecule has 3 nitrogen and oxygen atoms in total. The molecule has 4 heteroatoms. The standard InChI is InChI=1S/C16H23BrN2O/c1-11-8-12(2)10-19(9-11)16(20)18-13(3)14-4-6-15(17)7-5-14/h4-7,11-13H,8-10H2,1-3H3,(H,18,20). The normalized spacial score (nSPS) is 24.3. The highest BCUT2D eigenvalue weighted by Crippen LogP contribution is 2.22. The first-order chi connectivity index (χ1) is 9.45. The summed E-state index contributed by atoms with van der Waals surface area (Å²) in [5.74, 6) is 1.18. The molecule has 0 aromatic heterocycles. The van der Waals surface area contributed by atoms with E-state index in [2.05, 4.69) is 35.1 Å². The molecule has 0 saturated carbocycles. The second-order valence-corrected chi connectivity index (χ2v) is 6.99. The molecule has 0 bridgehead atoms. The van der Waals surface area contributed by atoms with Crippen LogP contribution >= 0.6 is 15.9 Å². The van der Waals surface area contributed by atoms with Gasteiger partial charge in [0.2, 0.25) is 0 Å². The van der Waals surface area contributed by atoms with E-state index in [1.807, 2.05) is 36.1 Å². The number of piperidine rings is 1. The molecule has 2 rings (SSSR count). The summed E-state index contributed by atoms with van der Waals surface area (Å²) in [5.41, 5.74) is 1.12. The Morgan fingerprint density at radius 2 is 1.80 bits per heavy atom. The molecule has 1 aromatic carbocycles. The van der Waals surface area contributed by atoms with E-state index in [1.165, 1.54) is 6.42 Å². The van der Waals surface area contributed by atoms with Gasteiger partial charge in [-0.3, -0.25) is 0 Å². The summed E-state index contributed by atoms with van der Waals surface area (Å²) in [6.45, 7) is 8.19. The van der Waals surface area contributed by atoms with Crippen LogP contribution in [0.15, 0.2) is 28.7 Å². The first kappa shape index (κ1) is 15.4. The minimum Gasteiger partial charge on any atom is -0.331 e. The summed E-state index contributed by atoms with van der Waals surface area (Å²) in [6.07, 6.45) is 1.21. The fraction of sp³-hybridized carbons (Fsp3) is 0.562. The summed E-state index contributed by atoms with van der Waals surface area (Å²) in [5, 5.41) is 3.10. The van der Waals surface area contributed by atoms with Crippen LogP contribution in [0, 0.1) is 11.8 Å². The molecular formula is C16H23BrN2O. The second-order valence-electron chi connectivity index (χ2n) is 6.07. The molecule has 110 valence electrons. The highest BCUT2D eigenvalue weighted by Gasteiger charge is 2.26. The van der Waals surface area contributed by atoms with Crippen LogP contribution in [0.3, 0.4) is 0 Å². The fourth-order valence-electron chi connectivity index (χ4n) is 2.94. The molecule has 1 heterocycles. The molecule has 0 radical (unpaired) electrons. The van der Waals surface area contributed by atoms with Crippen molar-refractivity contribution < 1.29 is 4.79 Å². The third kappa shape index (κ3) is 3.98. The molecule has 0 spiro atoms. The largest absolute Gasteiger partial charge is 0.331 e. The van der Waals surface area contributed by atoms with Gasteiger partial charge in [0.05, 0.1) is 6.04 Å². The molecule has 0 aliphatic carbocycles. The topological polar surface area (TPSA) is 32.3 Å². The van der Waals surface area contributed by atoms with Crippen molar-refractivity contribution in [2.75, 3.05) is 13.1 Å². The molecule has 1 aliphatic heterocycles. The van der Waals surface area contributed by atoms with E-state index in [4.69, 9.17) is 0 Å². The van der Waals surface area contributed by atoms with E-state index in [9.17, 15) is 4.79 Å². The van der Waals surface area contributed by atoms with Crippen molar-refractivity contribution in [3.8, 4) is 0 Å². The average molecular weight is 339 g/mol. The van der Waals surface area contributed by atoms with Gasteiger partial charge in [0.15, 0.2) is 0 Å². The monoisotopic (exact) mass is 338 g/mol. The van der Waals surface area contributed by atoms with E-state index in [1.54, 1.807) is 0 Å². The van der Waals surface area contributed by atoms with Gasteiger partial charge in [0.1, 0.15) is 0 Å². The van der Waals surface area contributed by atoms with Gasteiger partial charge in [0, 0.05) is 17.6 Å². The first-order valence-corrected chi connectivity index (χ1v) is 8.06. The van der Waals surface area contributed by atoms with E-state index >= 15 is 0 Å². The molecule has 1 fully saturated rings. The maximum absolute atomic E-state index is 12.3. The third-order valence-corrected chi connectivity index (χ3v) is 4.39. The number of nitrogens with one attached hydrogen (secondary N) is 1. The van der Waals surface area contributed by atoms with Crippen LogP contribution < -0.4 is 5.32 Å². The Morgan fingerprint density at radius 1 is 1.25 bits per heavy atom. The van der Waals surface area contributed by atoms with Crippen LogP contribution in [0.25, 0.3) is 0 Å². The maximum Gasteiger partial charge on any atom is 0.317 e. The Morgan fingerprint density at radius 3 is 2.35 bits per heavy atom. The Labute approximate surface area is 129 Å². The van der Waals surface area contributed by atoms with Gasteiger partial charge in [-0.15, -0.1) is 0 Å². The van der Waals surface area contributed by atoms with E-state index in [-0.39, 0.29) is 12.1 Å². The Balaban J connectivity index is 1.95. The lowest BCUT2D eigenvalue weighted by Gasteiger charge is -2.35. The van der Waals surface area contributed by atoms with Gasteiger partial charge in [-0.05, 0) is 42.9 Å². The van der Waals surface area contributed by atoms with Crippen molar-refractivity contribution in [1.82, 2.24) is 10.2 Å². The van der Waals surface area contributed by atoms with Crippen LogP contribution in [0.5, 0.6) is 0 Å². The first-order valence-electron chi connectivity index (χ1n) is 7.26. The van der Waals surface area contributed by atoms with Crippen molar-refractivity contribution in [2.24, 2.45) is 11.8 Å². The lowest BCUT2D eigenvalue weighted by Crippen LogP contribution is -2.47. The number of halogens is 1. The number of carbonyl (C=O) groups is 1. The average Bonchev–Trinajstić information content (AvgIpc) is 2.38. The second kappa shape index (κ2) is 6.61. The zero-order valence-corrected chi connectivity index (χ0v) is 14.0. The smallest absolute Gasteiger partial charge is 0.317 e. The van der Waals surface area contributed by atoms with Gasteiger partial charge in [0.25, 0.3) is 0 Å². The van der Waals surface area contributed by atoms with Gasteiger partial charge >= 0.3 is 6.03 Å². The lowest BCUT2D eigenvalue weighted by atomic mass is 9.92. The number of nitrogens with zero attached hydrogens (tertiary/aromatic N) is 1. The molecule has 3 atom stereocenters. The maximum atomic E-state index is 12.3. The van der Waals surface area contributed by atoms with Crippen molar-refractivity contribution in [3.05, 3.63) is 34.3 Å². The van der Waals surface area contributed by atoms with Crippen LogP contribution in [-0.4, -0.2) is 24.0 Å². The van der Waals surface area contributed by atoms with Crippen molar-refractivity contribution in [1.29, 1.82) is 0 Å².